The minimum atomic E-state index is -0.603. The number of unbranched alkanes of at least 4 members (excludes halogenated alkanes) is 1. The van der Waals surface area contributed by atoms with Crippen LogP contribution >= 0.6 is 15.9 Å². The maximum Gasteiger partial charge on any atom is 0.244 e. The van der Waals surface area contributed by atoms with Crippen molar-refractivity contribution in [1.82, 2.24) is 0 Å². The first-order valence-electron chi connectivity index (χ1n) is 8.41. The molecule has 0 aromatic carbocycles. The van der Waals surface area contributed by atoms with E-state index in [0.29, 0.717) is 0 Å². The first-order chi connectivity index (χ1) is 10.8. The van der Waals surface area contributed by atoms with Gasteiger partial charge in [-0.1, -0.05) is 15.9 Å². The Balaban J connectivity index is 1.68. The van der Waals surface area contributed by atoms with Gasteiger partial charge in [0.15, 0.2) is 5.79 Å². The average molecular weight is 391 g/mol. The lowest BCUT2D eigenvalue weighted by atomic mass is 10.0. The highest BCUT2D eigenvalue weighted by Gasteiger charge is 2.56. The molecule has 3 aliphatic rings. The van der Waals surface area contributed by atoms with Crippen LogP contribution in [0, 0.1) is 5.92 Å². The van der Waals surface area contributed by atoms with Crippen LogP contribution in [-0.4, -0.2) is 41.8 Å². The lowest BCUT2D eigenvalue weighted by Crippen LogP contribution is -2.35. The van der Waals surface area contributed by atoms with E-state index in [2.05, 4.69) is 15.9 Å². The lowest BCUT2D eigenvalue weighted by Gasteiger charge is -2.28. The molecule has 3 rings (SSSR count). The summed E-state index contributed by atoms with van der Waals surface area (Å²) in [6.45, 7) is 8.46. The molecule has 5 nitrogen and oxygen atoms in total. The Kier molecular flexibility index (Phi) is 4.98. The molecule has 0 radical (unpaired) electrons. The molecule has 6 heteroatoms. The lowest BCUT2D eigenvalue weighted by molar-refractivity contribution is -0.176. The number of ether oxygens (including phenoxy) is 5. The quantitative estimate of drug-likeness (QED) is 0.510. The SMILES string of the molecule is CC1(C)OC=C([C@@H]2C[C@@H]3OC(C)(C)O[C@@H]3[C@H]2OCCCCBr)O1. The summed E-state index contributed by atoms with van der Waals surface area (Å²) in [6.07, 6.45) is 4.63. The van der Waals surface area contributed by atoms with Crippen molar-refractivity contribution in [1.29, 1.82) is 0 Å². The second kappa shape index (κ2) is 6.54. The van der Waals surface area contributed by atoms with Gasteiger partial charge in [-0.2, -0.15) is 0 Å². The zero-order chi connectivity index (χ0) is 16.7. The van der Waals surface area contributed by atoms with Crippen molar-refractivity contribution in [2.24, 2.45) is 5.92 Å². The first-order valence-corrected chi connectivity index (χ1v) is 9.53. The van der Waals surface area contributed by atoms with E-state index in [1.165, 1.54) is 0 Å². The fourth-order valence-electron chi connectivity index (χ4n) is 3.54. The van der Waals surface area contributed by atoms with E-state index >= 15 is 0 Å². The summed E-state index contributed by atoms with van der Waals surface area (Å²) in [5, 5.41) is 0.999. The summed E-state index contributed by atoms with van der Waals surface area (Å²) in [4.78, 5) is 0. The van der Waals surface area contributed by atoms with Gasteiger partial charge in [-0.05, 0) is 33.1 Å². The van der Waals surface area contributed by atoms with Gasteiger partial charge in [0.05, 0.1) is 18.1 Å². The smallest absolute Gasteiger partial charge is 0.244 e. The Morgan fingerprint density at radius 1 is 1.17 bits per heavy atom. The van der Waals surface area contributed by atoms with E-state index in [1.54, 1.807) is 6.26 Å². The van der Waals surface area contributed by atoms with Crippen LogP contribution < -0.4 is 0 Å². The van der Waals surface area contributed by atoms with Gasteiger partial charge in [-0.25, -0.2) is 0 Å². The molecule has 4 atom stereocenters. The monoisotopic (exact) mass is 390 g/mol. The fourth-order valence-corrected chi connectivity index (χ4v) is 3.93. The zero-order valence-electron chi connectivity index (χ0n) is 14.3. The third-order valence-corrected chi connectivity index (χ3v) is 5.02. The van der Waals surface area contributed by atoms with E-state index in [9.17, 15) is 0 Å². The molecule has 0 amide bonds. The molecular formula is C17H27BrO5. The summed E-state index contributed by atoms with van der Waals surface area (Å²) in [5.74, 6) is -0.181. The summed E-state index contributed by atoms with van der Waals surface area (Å²) in [5.41, 5.74) is 0. The second-order valence-electron chi connectivity index (χ2n) is 7.35. The largest absolute Gasteiger partial charge is 0.457 e. The molecule has 132 valence electrons. The molecule has 0 N–H and O–H groups in total. The topological polar surface area (TPSA) is 46.2 Å². The van der Waals surface area contributed by atoms with Crippen LogP contribution in [0.4, 0.5) is 0 Å². The Hall–Kier alpha value is -0.300. The highest BCUT2D eigenvalue weighted by Crippen LogP contribution is 2.47. The number of hydrogen-bond donors (Lipinski definition) is 0. The van der Waals surface area contributed by atoms with E-state index in [1.807, 2.05) is 27.7 Å². The Morgan fingerprint density at radius 3 is 2.61 bits per heavy atom. The summed E-state index contributed by atoms with van der Waals surface area (Å²) in [6, 6.07) is 0. The highest BCUT2D eigenvalue weighted by atomic mass is 79.9. The van der Waals surface area contributed by atoms with Crippen molar-refractivity contribution in [2.45, 2.75) is 76.8 Å². The predicted molar refractivity (Wildman–Crippen MR) is 89.0 cm³/mol. The van der Waals surface area contributed by atoms with Crippen LogP contribution in [-0.2, 0) is 23.7 Å². The van der Waals surface area contributed by atoms with E-state index in [-0.39, 0.29) is 24.2 Å². The fraction of sp³-hybridized carbons (Fsp3) is 0.882. The van der Waals surface area contributed by atoms with Gasteiger partial charge in [0.1, 0.15) is 18.1 Å². The van der Waals surface area contributed by atoms with Gasteiger partial charge in [-0.3, -0.25) is 0 Å². The zero-order valence-corrected chi connectivity index (χ0v) is 15.9. The van der Waals surface area contributed by atoms with Gasteiger partial charge in [0, 0.05) is 25.8 Å². The van der Waals surface area contributed by atoms with Gasteiger partial charge < -0.3 is 23.7 Å². The van der Waals surface area contributed by atoms with Crippen molar-refractivity contribution >= 4 is 15.9 Å². The van der Waals surface area contributed by atoms with E-state index in [4.69, 9.17) is 23.7 Å². The van der Waals surface area contributed by atoms with Crippen LogP contribution in [0.15, 0.2) is 12.0 Å². The molecule has 1 saturated carbocycles. The molecular weight excluding hydrogens is 364 g/mol. The number of hydrogen-bond acceptors (Lipinski definition) is 5. The Morgan fingerprint density at radius 2 is 1.96 bits per heavy atom. The van der Waals surface area contributed by atoms with Crippen molar-refractivity contribution in [3.05, 3.63) is 12.0 Å². The number of halogens is 1. The predicted octanol–water partition coefficient (Wildman–Crippen LogP) is 3.71. The maximum absolute atomic E-state index is 6.20. The number of alkyl halides is 1. The molecule has 2 heterocycles. The molecule has 0 aromatic heterocycles. The van der Waals surface area contributed by atoms with Gasteiger partial charge in [0.25, 0.3) is 0 Å². The average Bonchev–Trinajstić information content (AvgIpc) is 3.05. The van der Waals surface area contributed by atoms with Crippen LogP contribution in [0.25, 0.3) is 0 Å². The molecule has 0 bridgehead atoms. The normalized spacial score (nSPS) is 37.2. The minimum absolute atomic E-state index is 0.0457. The van der Waals surface area contributed by atoms with E-state index in [0.717, 1.165) is 37.0 Å². The maximum atomic E-state index is 6.20. The summed E-state index contributed by atoms with van der Waals surface area (Å²) >= 11 is 3.46. The van der Waals surface area contributed by atoms with Crippen molar-refractivity contribution in [3.63, 3.8) is 0 Å². The molecule has 2 aliphatic heterocycles. The summed E-state index contributed by atoms with van der Waals surface area (Å²) in [7, 11) is 0. The highest BCUT2D eigenvalue weighted by molar-refractivity contribution is 9.09. The molecule has 0 unspecified atom stereocenters. The van der Waals surface area contributed by atoms with Gasteiger partial charge >= 0.3 is 0 Å². The molecule has 1 saturated heterocycles. The number of fused-ring (bicyclic) bond motifs is 1. The molecule has 0 aromatic rings. The van der Waals surface area contributed by atoms with Crippen LogP contribution in [0.5, 0.6) is 0 Å². The van der Waals surface area contributed by atoms with Crippen LogP contribution in [0.3, 0.4) is 0 Å². The number of rotatable bonds is 6. The molecule has 1 aliphatic carbocycles. The van der Waals surface area contributed by atoms with Gasteiger partial charge in [0.2, 0.25) is 5.79 Å². The van der Waals surface area contributed by atoms with Crippen molar-refractivity contribution in [3.8, 4) is 0 Å². The Labute approximate surface area is 146 Å². The third-order valence-electron chi connectivity index (χ3n) is 4.45. The molecule has 23 heavy (non-hydrogen) atoms. The first kappa shape index (κ1) is 17.5. The minimum Gasteiger partial charge on any atom is -0.457 e. The van der Waals surface area contributed by atoms with Gasteiger partial charge in [-0.15, -0.1) is 0 Å². The standard InChI is InChI=1S/C17H27BrO5/c1-16(2)20-10-13(22-16)11-9-12-15(23-17(3,4)21-12)14(11)19-8-6-5-7-18/h10-12,14-15H,5-9H2,1-4H3/t11-,12-,14-,15-/m0/s1. The summed E-state index contributed by atoms with van der Waals surface area (Å²) < 4.78 is 29.9. The van der Waals surface area contributed by atoms with E-state index < -0.39 is 11.6 Å². The Bertz CT molecular complexity index is 462. The van der Waals surface area contributed by atoms with Crippen molar-refractivity contribution in [2.75, 3.05) is 11.9 Å². The van der Waals surface area contributed by atoms with Crippen molar-refractivity contribution < 1.29 is 23.7 Å². The van der Waals surface area contributed by atoms with Crippen LogP contribution in [0.1, 0.15) is 47.0 Å². The molecule has 0 spiro atoms. The molecule has 2 fully saturated rings. The van der Waals surface area contributed by atoms with Crippen LogP contribution in [0.2, 0.25) is 0 Å². The third kappa shape index (κ3) is 3.86. The second-order valence-corrected chi connectivity index (χ2v) is 8.15.